The molecule has 1 heterocycles. The van der Waals surface area contributed by atoms with Gasteiger partial charge < -0.3 is 10.4 Å². The van der Waals surface area contributed by atoms with E-state index in [2.05, 4.69) is 5.32 Å². The van der Waals surface area contributed by atoms with E-state index >= 15 is 0 Å². The van der Waals surface area contributed by atoms with Gasteiger partial charge in [0.25, 0.3) is 5.91 Å². The van der Waals surface area contributed by atoms with Gasteiger partial charge in [0.05, 0.1) is 12.1 Å². The molecule has 0 bridgehead atoms. The van der Waals surface area contributed by atoms with Crippen molar-refractivity contribution in [2.45, 2.75) is 26.3 Å². The molecule has 1 aliphatic heterocycles. The molecule has 2 aromatic carbocycles. The minimum atomic E-state index is -1.03. The molecule has 1 saturated heterocycles. The molecule has 2 aromatic rings. The zero-order chi connectivity index (χ0) is 19.6. The van der Waals surface area contributed by atoms with Crippen molar-refractivity contribution < 1.29 is 19.5 Å². The molecule has 27 heavy (non-hydrogen) atoms. The lowest BCUT2D eigenvalue weighted by Crippen LogP contribution is -2.35. The van der Waals surface area contributed by atoms with Crippen molar-refractivity contribution in [2.75, 3.05) is 10.2 Å². The monoisotopic (exact) mass is 364 g/mol. The second kappa shape index (κ2) is 7.45. The molecular weight excluding hydrogens is 344 g/mol. The fraction of sp³-hybridized carbons (Fsp3) is 0.190. The van der Waals surface area contributed by atoms with Crippen LogP contribution < -0.4 is 10.2 Å². The molecule has 3 rings (SSSR count). The van der Waals surface area contributed by atoms with E-state index in [0.29, 0.717) is 16.9 Å². The normalized spacial score (nSPS) is 17.0. The number of nitrogens with one attached hydrogen (secondary N) is 1. The molecule has 0 aliphatic carbocycles. The summed E-state index contributed by atoms with van der Waals surface area (Å²) in [5.74, 6) is -1.57. The summed E-state index contributed by atoms with van der Waals surface area (Å²) in [6.45, 7) is 3.84. The van der Waals surface area contributed by atoms with Gasteiger partial charge in [0.1, 0.15) is 6.04 Å². The lowest BCUT2D eigenvalue weighted by molar-refractivity contribution is -0.131. The Morgan fingerprint density at radius 3 is 2.67 bits per heavy atom. The van der Waals surface area contributed by atoms with Crippen LogP contribution in [0.5, 0.6) is 0 Å². The Balaban J connectivity index is 1.79. The number of carbonyl (C=O) groups is 3. The molecule has 6 nitrogen and oxygen atoms in total. The summed E-state index contributed by atoms with van der Waals surface area (Å²) in [7, 11) is 0. The van der Waals surface area contributed by atoms with E-state index < -0.39 is 12.0 Å². The van der Waals surface area contributed by atoms with Crippen LogP contribution in [-0.4, -0.2) is 28.9 Å². The Morgan fingerprint density at radius 1 is 1.19 bits per heavy atom. The third-order valence-electron chi connectivity index (χ3n) is 4.39. The summed E-state index contributed by atoms with van der Waals surface area (Å²) in [5.41, 5.74) is 3.88. The van der Waals surface area contributed by atoms with Crippen LogP contribution in [0, 0.1) is 13.8 Å². The Kier molecular flexibility index (Phi) is 5.07. The van der Waals surface area contributed by atoms with Gasteiger partial charge in [0.15, 0.2) is 0 Å². The number of hydrogen-bond acceptors (Lipinski definition) is 4. The number of aryl methyl sites for hydroxylation is 2. The first kappa shape index (κ1) is 18.4. The fourth-order valence-corrected chi connectivity index (χ4v) is 3.15. The zero-order valence-electron chi connectivity index (χ0n) is 15.1. The molecule has 1 atom stereocenters. The highest BCUT2D eigenvalue weighted by Gasteiger charge is 2.40. The van der Waals surface area contributed by atoms with Gasteiger partial charge in [-0.25, -0.2) is 9.69 Å². The number of carbonyl (C=O) groups excluding carboxylic acids is 2. The number of carboxylic acids is 1. The zero-order valence-corrected chi connectivity index (χ0v) is 15.1. The van der Waals surface area contributed by atoms with Crippen LogP contribution in [0.15, 0.2) is 48.5 Å². The molecule has 0 radical (unpaired) electrons. The number of imide groups is 1. The van der Waals surface area contributed by atoms with Crippen LogP contribution >= 0.6 is 0 Å². The second-order valence-electron chi connectivity index (χ2n) is 6.56. The lowest BCUT2D eigenvalue weighted by Gasteiger charge is -2.18. The van der Waals surface area contributed by atoms with Gasteiger partial charge in [0.2, 0.25) is 5.91 Å². The van der Waals surface area contributed by atoms with Crippen LogP contribution in [0.2, 0.25) is 0 Å². The van der Waals surface area contributed by atoms with E-state index in [0.717, 1.165) is 17.2 Å². The second-order valence-corrected chi connectivity index (χ2v) is 6.56. The average Bonchev–Trinajstić information content (AvgIpc) is 2.88. The van der Waals surface area contributed by atoms with Crippen LogP contribution in [0.1, 0.15) is 23.1 Å². The minimum absolute atomic E-state index is 0.0708. The van der Waals surface area contributed by atoms with Crippen molar-refractivity contribution >= 4 is 35.2 Å². The van der Waals surface area contributed by atoms with Crippen molar-refractivity contribution in [2.24, 2.45) is 0 Å². The Labute approximate surface area is 157 Å². The number of rotatable bonds is 5. The van der Waals surface area contributed by atoms with Crippen molar-refractivity contribution in [1.82, 2.24) is 0 Å². The maximum absolute atomic E-state index is 12.8. The maximum atomic E-state index is 12.8. The lowest BCUT2D eigenvalue weighted by atomic mass is 10.1. The van der Waals surface area contributed by atoms with Gasteiger partial charge in [-0.2, -0.15) is 0 Å². The van der Waals surface area contributed by atoms with Gasteiger partial charge in [-0.05, 0) is 49.2 Å². The van der Waals surface area contributed by atoms with Crippen molar-refractivity contribution in [3.05, 3.63) is 65.2 Å². The SMILES string of the molecule is Cc1ccc(N2C(=O)CC(Nc3cccc(/C=C/C(=O)O)c3)C2=O)c(C)c1. The Hall–Kier alpha value is -3.41. The third-order valence-corrected chi connectivity index (χ3v) is 4.39. The summed E-state index contributed by atoms with van der Waals surface area (Å²) in [6, 6.07) is 12.0. The van der Waals surface area contributed by atoms with Gasteiger partial charge in [0, 0.05) is 11.8 Å². The highest BCUT2D eigenvalue weighted by Crippen LogP contribution is 2.28. The summed E-state index contributed by atoms with van der Waals surface area (Å²) in [4.78, 5) is 37.1. The largest absolute Gasteiger partial charge is 0.478 e. The van der Waals surface area contributed by atoms with E-state index in [-0.39, 0.29) is 18.2 Å². The van der Waals surface area contributed by atoms with Crippen LogP contribution in [0.3, 0.4) is 0 Å². The van der Waals surface area contributed by atoms with Gasteiger partial charge >= 0.3 is 5.97 Å². The minimum Gasteiger partial charge on any atom is -0.478 e. The van der Waals surface area contributed by atoms with Crippen molar-refractivity contribution in [3.63, 3.8) is 0 Å². The maximum Gasteiger partial charge on any atom is 0.328 e. The number of anilines is 2. The smallest absolute Gasteiger partial charge is 0.328 e. The van der Waals surface area contributed by atoms with Crippen LogP contribution in [0.4, 0.5) is 11.4 Å². The molecule has 1 aliphatic rings. The first-order valence-corrected chi connectivity index (χ1v) is 8.57. The molecule has 1 fully saturated rings. The highest BCUT2D eigenvalue weighted by atomic mass is 16.4. The van der Waals surface area contributed by atoms with Crippen LogP contribution in [-0.2, 0) is 14.4 Å². The molecule has 2 amide bonds. The molecule has 0 saturated carbocycles. The van der Waals surface area contributed by atoms with Gasteiger partial charge in [-0.3, -0.25) is 9.59 Å². The molecule has 1 unspecified atom stereocenters. The van der Waals surface area contributed by atoms with Gasteiger partial charge in [-0.15, -0.1) is 0 Å². The van der Waals surface area contributed by atoms with E-state index in [1.165, 1.54) is 11.0 Å². The number of carboxylic acid groups (broad SMARTS) is 1. The molecular formula is C21H20N2O4. The molecule has 6 heteroatoms. The fourth-order valence-electron chi connectivity index (χ4n) is 3.15. The van der Waals surface area contributed by atoms with E-state index in [1.54, 1.807) is 30.3 Å². The standard InChI is InChI=1S/C21H20N2O4/c1-13-6-8-18(14(2)10-13)23-19(24)12-17(21(23)27)22-16-5-3-4-15(11-16)7-9-20(25)26/h3-11,17,22H,12H2,1-2H3,(H,25,26)/b9-7+. The van der Waals surface area contributed by atoms with E-state index in [1.807, 2.05) is 26.0 Å². The summed E-state index contributed by atoms with van der Waals surface area (Å²) < 4.78 is 0. The van der Waals surface area contributed by atoms with Crippen molar-refractivity contribution in [1.29, 1.82) is 0 Å². The summed E-state index contributed by atoms with van der Waals surface area (Å²) in [6.07, 6.45) is 2.59. The topological polar surface area (TPSA) is 86.7 Å². The number of benzene rings is 2. The molecule has 0 spiro atoms. The third kappa shape index (κ3) is 4.06. The Bertz CT molecular complexity index is 949. The summed E-state index contributed by atoms with van der Waals surface area (Å²) in [5, 5.41) is 11.8. The number of aliphatic carboxylic acids is 1. The molecule has 0 aromatic heterocycles. The van der Waals surface area contributed by atoms with E-state index in [9.17, 15) is 14.4 Å². The van der Waals surface area contributed by atoms with Crippen LogP contribution in [0.25, 0.3) is 6.08 Å². The quantitative estimate of drug-likeness (QED) is 0.629. The first-order valence-electron chi connectivity index (χ1n) is 8.57. The van der Waals surface area contributed by atoms with Crippen molar-refractivity contribution in [3.8, 4) is 0 Å². The molecule has 138 valence electrons. The Morgan fingerprint density at radius 2 is 1.96 bits per heavy atom. The predicted molar refractivity (Wildman–Crippen MR) is 104 cm³/mol. The number of amides is 2. The number of hydrogen-bond donors (Lipinski definition) is 2. The van der Waals surface area contributed by atoms with E-state index in [4.69, 9.17) is 5.11 Å². The number of nitrogens with zero attached hydrogens (tertiary/aromatic N) is 1. The van der Waals surface area contributed by atoms with Gasteiger partial charge in [-0.1, -0.05) is 29.8 Å². The molecule has 2 N–H and O–H groups in total. The summed E-state index contributed by atoms with van der Waals surface area (Å²) >= 11 is 0. The first-order chi connectivity index (χ1) is 12.8. The highest BCUT2D eigenvalue weighted by molar-refractivity contribution is 6.23. The predicted octanol–water partition coefficient (Wildman–Crippen LogP) is 3.15. The average molecular weight is 364 g/mol.